The first-order valence-electron chi connectivity index (χ1n) is 15.4. The first-order valence-corrected chi connectivity index (χ1v) is 15.4. The largest absolute Gasteiger partial charge is 0.458 e. The van der Waals surface area contributed by atoms with Crippen LogP contribution in [-0.2, 0) is 36.7 Å². The molecule has 0 saturated carbocycles. The van der Waals surface area contributed by atoms with E-state index in [1.807, 2.05) is 78.0 Å². The minimum atomic E-state index is -0.562. The van der Waals surface area contributed by atoms with Gasteiger partial charge >= 0.3 is 17.9 Å². The number of nitrogens with zero attached hydrogens (tertiary/aromatic N) is 4. The van der Waals surface area contributed by atoms with Crippen molar-refractivity contribution < 1.29 is 23.9 Å². The van der Waals surface area contributed by atoms with Crippen molar-refractivity contribution >= 4 is 24.0 Å². The smallest absolute Gasteiger partial charge is 0.341 e. The third-order valence-corrected chi connectivity index (χ3v) is 5.41. The van der Waals surface area contributed by atoms with E-state index in [2.05, 4.69) is 62.3 Å². The van der Waals surface area contributed by atoms with E-state index < -0.39 is 11.9 Å². The molecule has 0 bridgehead atoms. The lowest BCUT2D eigenvalue weighted by Gasteiger charge is -2.24. The molecule has 0 unspecified atom stereocenters. The average Bonchev–Trinajstić information content (AvgIpc) is 3.67. The number of ether oxygens (including phenoxy) is 2. The van der Waals surface area contributed by atoms with E-state index in [-0.39, 0.29) is 5.97 Å². The lowest BCUT2D eigenvalue weighted by molar-refractivity contribution is -0.150. The third kappa shape index (κ3) is 24.7. The van der Waals surface area contributed by atoms with E-state index in [9.17, 15) is 14.4 Å². The van der Waals surface area contributed by atoms with Crippen LogP contribution in [0.4, 0.5) is 0 Å². The van der Waals surface area contributed by atoms with Gasteiger partial charge in [-0.3, -0.25) is 0 Å². The number of aryl methyl sites for hydroxylation is 2. The summed E-state index contributed by atoms with van der Waals surface area (Å²) in [7, 11) is 3.53. The number of cyclic esters (lactones) is 3. The van der Waals surface area contributed by atoms with Gasteiger partial charge < -0.3 is 14.4 Å². The lowest BCUT2D eigenvalue weighted by Crippen LogP contribution is -2.32. The van der Waals surface area contributed by atoms with Crippen LogP contribution in [0.2, 0.25) is 0 Å². The fraction of sp³-hybridized carbons (Fsp3) is 0.417. The Morgan fingerprint density at radius 2 is 1.33 bits per heavy atom. The highest BCUT2D eigenvalue weighted by atomic mass is 16.6. The van der Waals surface area contributed by atoms with E-state index in [1.165, 1.54) is 64.0 Å². The molecule has 6 rings (SSSR count). The monoisotopic (exact) mass is 622 g/mol. The molecule has 0 aromatic heterocycles. The van der Waals surface area contributed by atoms with Gasteiger partial charge in [0.1, 0.15) is 6.61 Å². The van der Waals surface area contributed by atoms with Gasteiger partial charge in [-0.2, -0.15) is 0 Å². The molecule has 9 heteroatoms. The Balaban J connectivity index is -0.000000461. The molecule has 2 aromatic carbocycles. The zero-order valence-electron chi connectivity index (χ0n) is 28.8. The van der Waals surface area contributed by atoms with E-state index in [1.54, 1.807) is 17.2 Å². The number of hydrogen-bond acceptors (Lipinski definition) is 7. The van der Waals surface area contributed by atoms with Crippen LogP contribution in [0.1, 0.15) is 71.6 Å². The standard InChI is InChI=1S/2C8H8.C5H4O3.C4H9N.C4H4O2.3C2H6.CH3N3/c1-2-4-8-6-5-7(8)3-1;1-2-8-6-4-3-5-7-8;1-3-2-4(6)8-5(3)7;1-5-3-2-4-5;5-4-2-1-3-6-4;3*1-2;1-3-4-2/h1-4H,5-6H2;2-7H,1H2;2H,1H3;2-4H2,1H3;1-2H,3H2;3*1-2H3;1H3. The van der Waals surface area contributed by atoms with Gasteiger partial charge in [-0.1, -0.05) is 114 Å². The van der Waals surface area contributed by atoms with E-state index >= 15 is 0 Å². The zero-order valence-corrected chi connectivity index (χ0v) is 28.8. The Bertz CT molecular complexity index is 1160. The van der Waals surface area contributed by atoms with Crippen molar-refractivity contribution in [3.63, 3.8) is 0 Å². The van der Waals surface area contributed by atoms with Crippen LogP contribution in [0, 0.1) is 0 Å². The van der Waals surface area contributed by atoms with Gasteiger partial charge in [0, 0.05) is 29.7 Å². The predicted molar refractivity (Wildman–Crippen MR) is 187 cm³/mol. The summed E-state index contributed by atoms with van der Waals surface area (Å²) in [5.41, 5.74) is 12.0. The summed E-state index contributed by atoms with van der Waals surface area (Å²) in [4.78, 5) is 35.0. The number of esters is 3. The van der Waals surface area contributed by atoms with Crippen molar-refractivity contribution in [3.05, 3.63) is 112 Å². The number of hydrogen-bond donors (Lipinski definition) is 0. The highest BCUT2D eigenvalue weighted by molar-refractivity contribution is 6.08. The molecule has 0 radical (unpaired) electrons. The molecular formula is C36H54N4O5. The summed E-state index contributed by atoms with van der Waals surface area (Å²) in [6.07, 6.45) is 10.1. The van der Waals surface area contributed by atoms with Gasteiger partial charge in [0.2, 0.25) is 0 Å². The van der Waals surface area contributed by atoms with Gasteiger partial charge in [-0.05, 0) is 74.6 Å². The summed E-state index contributed by atoms with van der Waals surface area (Å²) in [5, 5.41) is 2.92. The number of carbonyl (C=O) groups excluding carboxylic acids is 3. The third-order valence-electron chi connectivity index (χ3n) is 5.41. The number of likely N-dealkylation sites (tertiary alicyclic amines) is 1. The Morgan fingerprint density at radius 1 is 0.867 bits per heavy atom. The van der Waals surface area contributed by atoms with Crippen molar-refractivity contribution in [1.29, 1.82) is 0 Å². The first kappa shape index (κ1) is 45.0. The molecule has 3 aliphatic heterocycles. The Kier molecular flexibility index (Phi) is 32.4. The molecule has 2 aromatic rings. The minimum Gasteiger partial charge on any atom is -0.458 e. The molecule has 9 nitrogen and oxygen atoms in total. The number of carbonyl (C=O) groups is 3. The van der Waals surface area contributed by atoms with Gasteiger partial charge in [0.15, 0.2) is 0 Å². The first-order chi connectivity index (χ1) is 21.8. The molecule has 45 heavy (non-hydrogen) atoms. The van der Waals surface area contributed by atoms with Crippen LogP contribution in [0.15, 0.2) is 90.1 Å². The van der Waals surface area contributed by atoms with Crippen LogP contribution in [0.3, 0.4) is 0 Å². The number of benzene rings is 2. The Labute approximate surface area is 271 Å². The number of fused-ring (bicyclic) bond motifs is 1. The van der Waals surface area contributed by atoms with E-state index in [4.69, 9.17) is 5.53 Å². The SMILES string of the molecule is C=Cc1ccccc1.CC.CC.CC.CC1=CC(=O)OC1=O.CN1CCC1.CN=[N+]=[N-].O=C1C=CCO1.c1ccc2c(c1)CC2. The topological polar surface area (TPSA) is 122 Å². The lowest BCUT2D eigenvalue weighted by atomic mass is 9.89. The summed E-state index contributed by atoms with van der Waals surface area (Å²) in [6.45, 7) is 20.3. The maximum atomic E-state index is 10.3. The normalized spacial score (nSPS) is 13.4. The summed E-state index contributed by atoms with van der Waals surface area (Å²) in [6, 6.07) is 18.7. The molecule has 0 N–H and O–H groups in total. The number of rotatable bonds is 1. The molecule has 1 saturated heterocycles. The zero-order chi connectivity index (χ0) is 34.9. The van der Waals surface area contributed by atoms with Crippen molar-refractivity contribution in [3.8, 4) is 0 Å². The van der Waals surface area contributed by atoms with E-state index in [0.29, 0.717) is 12.2 Å². The average molecular weight is 623 g/mol. The molecule has 4 aliphatic rings. The van der Waals surface area contributed by atoms with Crippen LogP contribution in [-0.4, -0.2) is 56.6 Å². The van der Waals surface area contributed by atoms with Crippen molar-refractivity contribution in [1.82, 2.24) is 4.90 Å². The maximum Gasteiger partial charge on any atom is 0.341 e. The van der Waals surface area contributed by atoms with Crippen molar-refractivity contribution in [2.75, 3.05) is 33.8 Å². The summed E-state index contributed by atoms with van der Waals surface area (Å²) < 4.78 is 8.51. The maximum absolute atomic E-state index is 10.3. The highest BCUT2D eigenvalue weighted by Crippen LogP contribution is 2.20. The van der Waals surface area contributed by atoms with Crippen LogP contribution >= 0.6 is 0 Å². The molecule has 1 aliphatic carbocycles. The molecule has 0 atom stereocenters. The second-order valence-electron chi connectivity index (χ2n) is 8.40. The van der Waals surface area contributed by atoms with Crippen molar-refractivity contribution in [2.45, 2.75) is 67.7 Å². The predicted octanol–water partition coefficient (Wildman–Crippen LogP) is 8.56. The molecule has 248 valence electrons. The molecule has 3 heterocycles. The van der Waals surface area contributed by atoms with Gasteiger partial charge in [-0.15, -0.1) is 0 Å². The van der Waals surface area contributed by atoms with Gasteiger partial charge in [-0.25, -0.2) is 14.4 Å². The Hall–Kier alpha value is -4.46. The second-order valence-corrected chi connectivity index (χ2v) is 8.40. The number of azide groups is 1. The van der Waals surface area contributed by atoms with Crippen LogP contribution in [0.5, 0.6) is 0 Å². The summed E-state index contributed by atoms with van der Waals surface area (Å²) >= 11 is 0. The summed E-state index contributed by atoms with van der Waals surface area (Å²) in [5.74, 6) is -1.32. The van der Waals surface area contributed by atoms with E-state index in [0.717, 1.165) is 0 Å². The second kappa shape index (κ2) is 32.5. The highest BCUT2D eigenvalue weighted by Gasteiger charge is 2.18. The molecule has 1 fully saturated rings. The minimum absolute atomic E-state index is 0.227. The van der Waals surface area contributed by atoms with Crippen LogP contribution < -0.4 is 0 Å². The van der Waals surface area contributed by atoms with Crippen molar-refractivity contribution in [2.24, 2.45) is 5.11 Å². The molecule has 0 spiro atoms. The Morgan fingerprint density at radius 3 is 1.49 bits per heavy atom. The van der Waals surface area contributed by atoms with Gasteiger partial charge in [0.05, 0.1) is 0 Å². The van der Waals surface area contributed by atoms with Gasteiger partial charge in [0.25, 0.3) is 0 Å². The quantitative estimate of drug-likeness (QED) is 0.103. The molecule has 0 amide bonds. The fourth-order valence-corrected chi connectivity index (χ4v) is 2.96. The molecular weight excluding hydrogens is 568 g/mol. The fourth-order valence-electron chi connectivity index (χ4n) is 2.96. The van der Waals surface area contributed by atoms with Crippen LogP contribution in [0.25, 0.3) is 16.5 Å².